The van der Waals surface area contributed by atoms with Gasteiger partial charge in [0.2, 0.25) is 0 Å². The Morgan fingerprint density at radius 2 is 2.10 bits per heavy atom. The Balaban J connectivity index is 2.13. The van der Waals surface area contributed by atoms with E-state index >= 15 is 0 Å². The number of nitrogens with zero attached hydrogens (tertiary/aromatic N) is 2. The van der Waals surface area contributed by atoms with Crippen LogP contribution in [0.2, 0.25) is 0 Å². The van der Waals surface area contributed by atoms with Crippen molar-refractivity contribution in [3.8, 4) is 0 Å². The van der Waals surface area contributed by atoms with Crippen LogP contribution in [0.25, 0.3) is 10.9 Å². The van der Waals surface area contributed by atoms with Crippen LogP contribution in [-0.4, -0.2) is 23.1 Å². The maximum Gasteiger partial charge on any atom is 0.257 e. The molecule has 0 aliphatic rings. The minimum absolute atomic E-state index is 0.0735. The number of rotatable bonds is 4. The van der Waals surface area contributed by atoms with E-state index in [0.29, 0.717) is 0 Å². The maximum absolute atomic E-state index is 11.7. The highest BCUT2D eigenvalue weighted by atomic mass is 16.2. The van der Waals surface area contributed by atoms with Crippen LogP contribution in [0.15, 0.2) is 41.6 Å². The van der Waals surface area contributed by atoms with Crippen molar-refractivity contribution in [2.24, 2.45) is 16.8 Å². The summed E-state index contributed by atoms with van der Waals surface area (Å²) in [7, 11) is 0. The number of pyridine rings is 1. The van der Waals surface area contributed by atoms with Crippen LogP contribution in [-0.2, 0) is 4.79 Å². The fourth-order valence-electron chi connectivity index (χ4n) is 1.77. The molecular formula is C15H18N4O. The number of nitrogens with two attached hydrogens (primary N) is 1. The van der Waals surface area contributed by atoms with Crippen LogP contribution in [0.3, 0.4) is 0 Å². The molecule has 0 fully saturated rings. The second-order valence-electron chi connectivity index (χ2n) is 4.93. The summed E-state index contributed by atoms with van der Waals surface area (Å²) >= 11 is 0. The molecule has 2 rings (SSSR count). The molecule has 0 aliphatic carbocycles. The van der Waals surface area contributed by atoms with Crippen molar-refractivity contribution in [3.05, 3.63) is 42.1 Å². The van der Waals surface area contributed by atoms with Gasteiger partial charge in [0.1, 0.15) is 0 Å². The first kappa shape index (κ1) is 14.1. The monoisotopic (exact) mass is 270 g/mol. The summed E-state index contributed by atoms with van der Waals surface area (Å²) in [5, 5.41) is 4.98. The fourth-order valence-corrected chi connectivity index (χ4v) is 1.77. The van der Waals surface area contributed by atoms with Gasteiger partial charge in [-0.3, -0.25) is 9.78 Å². The second kappa shape index (κ2) is 6.25. The van der Waals surface area contributed by atoms with Gasteiger partial charge in [0.05, 0.1) is 17.8 Å². The van der Waals surface area contributed by atoms with Crippen molar-refractivity contribution in [1.29, 1.82) is 0 Å². The van der Waals surface area contributed by atoms with Gasteiger partial charge in [-0.05, 0) is 12.0 Å². The summed E-state index contributed by atoms with van der Waals surface area (Å²) < 4.78 is 0. The van der Waals surface area contributed by atoms with E-state index in [0.717, 1.165) is 16.5 Å². The molecule has 0 aliphatic heterocycles. The lowest BCUT2D eigenvalue weighted by atomic mass is 10.1. The van der Waals surface area contributed by atoms with Gasteiger partial charge < -0.3 is 5.73 Å². The standard InChI is InChI=1S/C15H18N4O/c1-10(2)13(16)15(20)19-18-9-12-6-3-5-11-7-4-8-17-14(11)12/h3-10,13H,16H2,1-2H3,(H,19,20)/b18-9-/t13-/m0/s1. The number of carbonyl (C=O) groups excluding carboxylic acids is 1. The molecule has 1 aromatic carbocycles. The third kappa shape index (κ3) is 3.19. The first-order valence-electron chi connectivity index (χ1n) is 6.52. The van der Waals surface area contributed by atoms with Crippen molar-refractivity contribution in [2.45, 2.75) is 19.9 Å². The third-order valence-electron chi connectivity index (χ3n) is 3.06. The average molecular weight is 270 g/mol. The largest absolute Gasteiger partial charge is 0.320 e. The molecule has 3 N–H and O–H groups in total. The third-order valence-corrected chi connectivity index (χ3v) is 3.06. The molecule has 1 amide bonds. The van der Waals surface area contributed by atoms with E-state index in [4.69, 9.17) is 5.73 Å². The van der Waals surface area contributed by atoms with Crippen LogP contribution >= 0.6 is 0 Å². The Kier molecular flexibility index (Phi) is 4.42. The van der Waals surface area contributed by atoms with Gasteiger partial charge in [-0.25, -0.2) is 5.43 Å². The highest BCUT2D eigenvalue weighted by Crippen LogP contribution is 2.13. The highest BCUT2D eigenvalue weighted by molar-refractivity contribution is 5.97. The summed E-state index contributed by atoms with van der Waals surface area (Å²) in [6, 6.07) is 9.10. The molecule has 0 unspecified atom stereocenters. The van der Waals surface area contributed by atoms with Gasteiger partial charge in [0.25, 0.3) is 5.91 Å². The Labute approximate surface area is 117 Å². The minimum atomic E-state index is -0.558. The van der Waals surface area contributed by atoms with E-state index in [-0.39, 0.29) is 11.8 Å². The van der Waals surface area contributed by atoms with Gasteiger partial charge in [0, 0.05) is 17.1 Å². The van der Waals surface area contributed by atoms with Crippen molar-refractivity contribution in [3.63, 3.8) is 0 Å². The number of aromatic nitrogens is 1. The average Bonchev–Trinajstić information content (AvgIpc) is 2.46. The van der Waals surface area contributed by atoms with Crippen LogP contribution in [0.1, 0.15) is 19.4 Å². The van der Waals surface area contributed by atoms with Gasteiger partial charge in [-0.1, -0.05) is 38.1 Å². The number of hydrogen-bond donors (Lipinski definition) is 2. The molecule has 0 bridgehead atoms. The molecular weight excluding hydrogens is 252 g/mol. The van der Waals surface area contributed by atoms with Gasteiger partial charge in [0.15, 0.2) is 0 Å². The van der Waals surface area contributed by atoms with Crippen LogP contribution in [0.4, 0.5) is 0 Å². The molecule has 1 heterocycles. The zero-order valence-electron chi connectivity index (χ0n) is 11.6. The van der Waals surface area contributed by atoms with E-state index in [1.165, 1.54) is 0 Å². The SMILES string of the molecule is CC(C)[C@H](N)C(=O)N/N=C\c1cccc2cccnc12. The lowest BCUT2D eigenvalue weighted by molar-refractivity contribution is -0.123. The summed E-state index contributed by atoms with van der Waals surface area (Å²) in [6.07, 6.45) is 3.31. The van der Waals surface area contributed by atoms with E-state index in [1.807, 2.05) is 44.2 Å². The molecule has 1 atom stereocenters. The number of nitrogens with one attached hydrogen (secondary N) is 1. The van der Waals surface area contributed by atoms with E-state index < -0.39 is 6.04 Å². The maximum atomic E-state index is 11.7. The van der Waals surface area contributed by atoms with E-state index in [1.54, 1.807) is 12.4 Å². The van der Waals surface area contributed by atoms with E-state index in [9.17, 15) is 4.79 Å². The molecule has 0 spiro atoms. The number of benzene rings is 1. The Bertz CT molecular complexity index is 631. The molecule has 5 heteroatoms. The van der Waals surface area contributed by atoms with Crippen molar-refractivity contribution in [2.75, 3.05) is 0 Å². The summed E-state index contributed by atoms with van der Waals surface area (Å²) in [5.41, 5.74) is 9.88. The molecule has 104 valence electrons. The normalized spacial score (nSPS) is 13.0. The van der Waals surface area contributed by atoms with Crippen LogP contribution < -0.4 is 11.2 Å². The van der Waals surface area contributed by atoms with Gasteiger partial charge in [-0.2, -0.15) is 5.10 Å². The minimum Gasteiger partial charge on any atom is -0.320 e. The first-order chi connectivity index (χ1) is 9.59. The van der Waals surface area contributed by atoms with Crippen molar-refractivity contribution >= 4 is 23.0 Å². The van der Waals surface area contributed by atoms with Crippen LogP contribution in [0, 0.1) is 5.92 Å². The molecule has 0 radical (unpaired) electrons. The predicted octanol–water partition coefficient (Wildman–Crippen LogP) is 1.67. The quantitative estimate of drug-likeness (QED) is 0.655. The van der Waals surface area contributed by atoms with E-state index in [2.05, 4.69) is 15.5 Å². The Morgan fingerprint density at radius 1 is 1.35 bits per heavy atom. The molecule has 0 saturated carbocycles. The number of amides is 1. The Hall–Kier alpha value is -2.27. The summed E-state index contributed by atoms with van der Waals surface area (Å²) in [4.78, 5) is 16.0. The highest BCUT2D eigenvalue weighted by Gasteiger charge is 2.16. The van der Waals surface area contributed by atoms with Crippen LogP contribution in [0.5, 0.6) is 0 Å². The first-order valence-corrected chi connectivity index (χ1v) is 6.52. The van der Waals surface area contributed by atoms with Crippen molar-refractivity contribution in [1.82, 2.24) is 10.4 Å². The smallest absolute Gasteiger partial charge is 0.257 e. The zero-order chi connectivity index (χ0) is 14.5. The van der Waals surface area contributed by atoms with Gasteiger partial charge >= 0.3 is 0 Å². The number of fused-ring (bicyclic) bond motifs is 1. The number of carbonyl (C=O) groups is 1. The fraction of sp³-hybridized carbons (Fsp3) is 0.267. The van der Waals surface area contributed by atoms with Gasteiger partial charge in [-0.15, -0.1) is 0 Å². The van der Waals surface area contributed by atoms with Crippen molar-refractivity contribution < 1.29 is 4.79 Å². The second-order valence-corrected chi connectivity index (χ2v) is 4.93. The molecule has 20 heavy (non-hydrogen) atoms. The molecule has 0 saturated heterocycles. The molecule has 1 aromatic heterocycles. The number of hydrazone groups is 1. The zero-order valence-corrected chi connectivity index (χ0v) is 11.6. The lowest BCUT2D eigenvalue weighted by Crippen LogP contribution is -2.42. The summed E-state index contributed by atoms with van der Waals surface area (Å²) in [6.45, 7) is 3.78. The number of hydrogen-bond acceptors (Lipinski definition) is 4. The topological polar surface area (TPSA) is 80.4 Å². The molecule has 5 nitrogen and oxygen atoms in total. The predicted molar refractivity (Wildman–Crippen MR) is 80.3 cm³/mol. The number of para-hydroxylation sites is 1. The molecule has 2 aromatic rings. The lowest BCUT2D eigenvalue weighted by Gasteiger charge is -2.12. The summed E-state index contributed by atoms with van der Waals surface area (Å²) in [5.74, 6) is -0.214. The Morgan fingerprint density at radius 3 is 2.85 bits per heavy atom.